The molecular formula is C14H27NO. The van der Waals surface area contributed by atoms with Crippen molar-refractivity contribution >= 4 is 5.91 Å². The van der Waals surface area contributed by atoms with Gasteiger partial charge in [-0.25, -0.2) is 0 Å². The maximum absolute atomic E-state index is 11.5. The molecule has 0 aromatic carbocycles. The molecule has 0 aromatic heterocycles. The fourth-order valence-corrected chi connectivity index (χ4v) is 3.07. The first-order valence-electron chi connectivity index (χ1n) is 6.82. The number of carbonyl (C=O) groups is 1. The summed E-state index contributed by atoms with van der Waals surface area (Å²) in [5.74, 6) is 1.68. The van der Waals surface area contributed by atoms with Gasteiger partial charge >= 0.3 is 0 Å². The predicted molar refractivity (Wildman–Crippen MR) is 68.3 cm³/mol. The normalized spacial score (nSPS) is 25.5. The zero-order valence-corrected chi connectivity index (χ0v) is 11.3. The minimum absolute atomic E-state index is 0.113. The van der Waals surface area contributed by atoms with Crippen LogP contribution in [0.15, 0.2) is 0 Å². The molecule has 1 fully saturated rings. The number of nitrogens with one attached hydrogen (secondary N) is 1. The van der Waals surface area contributed by atoms with Gasteiger partial charge in [-0.15, -0.1) is 0 Å². The van der Waals surface area contributed by atoms with Gasteiger partial charge in [0.25, 0.3) is 0 Å². The van der Waals surface area contributed by atoms with E-state index >= 15 is 0 Å². The molecule has 0 aliphatic carbocycles. The molecular weight excluding hydrogens is 198 g/mol. The van der Waals surface area contributed by atoms with Crippen LogP contribution >= 0.6 is 0 Å². The quantitative estimate of drug-likeness (QED) is 0.736. The maximum atomic E-state index is 11.5. The highest BCUT2D eigenvalue weighted by Gasteiger charge is 2.38. The summed E-state index contributed by atoms with van der Waals surface area (Å²) in [6.45, 7) is 9.01. The van der Waals surface area contributed by atoms with Gasteiger partial charge in [-0.3, -0.25) is 4.79 Å². The van der Waals surface area contributed by atoms with Crippen LogP contribution in [0.5, 0.6) is 0 Å². The van der Waals surface area contributed by atoms with E-state index in [2.05, 4.69) is 33.0 Å². The van der Waals surface area contributed by atoms with E-state index in [0.29, 0.717) is 5.92 Å². The summed E-state index contributed by atoms with van der Waals surface area (Å²) in [7, 11) is 0. The standard InChI is InChI=1S/C14H27NO/c1-5-12(6-2)10-14(9-11(3)4)8-7-13(16)15-14/h11-12H,5-10H2,1-4H3,(H,15,16). The van der Waals surface area contributed by atoms with Crippen molar-refractivity contribution in [2.45, 2.75) is 71.8 Å². The molecule has 16 heavy (non-hydrogen) atoms. The molecule has 0 aromatic rings. The Hall–Kier alpha value is -0.530. The van der Waals surface area contributed by atoms with Gasteiger partial charge in [0.2, 0.25) is 5.91 Å². The Balaban J connectivity index is 2.67. The smallest absolute Gasteiger partial charge is 0.220 e. The highest BCUT2D eigenvalue weighted by atomic mass is 16.2. The third kappa shape index (κ3) is 3.50. The van der Waals surface area contributed by atoms with Gasteiger partial charge in [0.15, 0.2) is 0 Å². The third-order valence-electron chi connectivity index (χ3n) is 3.87. The first kappa shape index (κ1) is 13.5. The van der Waals surface area contributed by atoms with E-state index in [-0.39, 0.29) is 11.4 Å². The van der Waals surface area contributed by atoms with Crippen LogP contribution in [0.3, 0.4) is 0 Å². The van der Waals surface area contributed by atoms with Crippen LogP contribution in [-0.4, -0.2) is 11.4 Å². The second kappa shape index (κ2) is 5.70. The number of amides is 1. The van der Waals surface area contributed by atoms with Crippen molar-refractivity contribution in [3.8, 4) is 0 Å². The molecule has 94 valence electrons. The van der Waals surface area contributed by atoms with Crippen LogP contribution in [0.4, 0.5) is 0 Å². The number of rotatable bonds is 6. The monoisotopic (exact) mass is 225 g/mol. The summed E-state index contributed by atoms with van der Waals surface area (Å²) in [6, 6.07) is 0. The molecule has 1 amide bonds. The number of carbonyl (C=O) groups excluding carboxylic acids is 1. The van der Waals surface area contributed by atoms with E-state index in [9.17, 15) is 4.79 Å². The molecule has 1 rings (SSSR count). The van der Waals surface area contributed by atoms with E-state index in [1.54, 1.807) is 0 Å². The lowest BCUT2D eigenvalue weighted by Gasteiger charge is -2.34. The molecule has 1 aliphatic heterocycles. The van der Waals surface area contributed by atoms with Gasteiger partial charge < -0.3 is 5.32 Å². The highest BCUT2D eigenvalue weighted by Crippen LogP contribution is 2.35. The first-order chi connectivity index (χ1) is 7.51. The molecule has 0 spiro atoms. The van der Waals surface area contributed by atoms with Gasteiger partial charge in [-0.2, -0.15) is 0 Å². The van der Waals surface area contributed by atoms with Crippen molar-refractivity contribution < 1.29 is 4.79 Å². The average molecular weight is 225 g/mol. The lowest BCUT2D eigenvalue weighted by molar-refractivity contribution is -0.120. The molecule has 0 saturated carbocycles. The van der Waals surface area contributed by atoms with E-state index in [0.717, 1.165) is 25.2 Å². The van der Waals surface area contributed by atoms with Crippen molar-refractivity contribution in [2.24, 2.45) is 11.8 Å². The molecule has 1 heterocycles. The van der Waals surface area contributed by atoms with Gasteiger partial charge in [0, 0.05) is 12.0 Å². The zero-order chi connectivity index (χ0) is 12.2. The fraction of sp³-hybridized carbons (Fsp3) is 0.929. The van der Waals surface area contributed by atoms with Crippen molar-refractivity contribution in [2.75, 3.05) is 0 Å². The van der Waals surface area contributed by atoms with Crippen LogP contribution in [0, 0.1) is 11.8 Å². The summed E-state index contributed by atoms with van der Waals surface area (Å²) < 4.78 is 0. The molecule has 1 aliphatic rings. The minimum atomic E-state index is 0.113. The Labute approximate surface area is 100 Å². The van der Waals surface area contributed by atoms with Crippen molar-refractivity contribution in [1.29, 1.82) is 0 Å². The SMILES string of the molecule is CCC(CC)CC1(CC(C)C)CCC(=O)N1. The van der Waals surface area contributed by atoms with Crippen molar-refractivity contribution in [3.63, 3.8) is 0 Å². The fourth-order valence-electron chi connectivity index (χ4n) is 3.07. The lowest BCUT2D eigenvalue weighted by Crippen LogP contribution is -2.44. The van der Waals surface area contributed by atoms with Gasteiger partial charge in [0.1, 0.15) is 0 Å². The van der Waals surface area contributed by atoms with E-state index in [4.69, 9.17) is 0 Å². The highest BCUT2D eigenvalue weighted by molar-refractivity contribution is 5.79. The predicted octanol–water partition coefficient (Wildman–Crippen LogP) is 3.51. The van der Waals surface area contributed by atoms with Gasteiger partial charge in [-0.1, -0.05) is 40.5 Å². The molecule has 1 unspecified atom stereocenters. The number of hydrogen-bond acceptors (Lipinski definition) is 1. The van der Waals surface area contributed by atoms with Gasteiger partial charge in [-0.05, 0) is 31.1 Å². The molecule has 2 nitrogen and oxygen atoms in total. The van der Waals surface area contributed by atoms with Crippen molar-refractivity contribution in [1.82, 2.24) is 5.32 Å². The van der Waals surface area contributed by atoms with Crippen LogP contribution in [0.2, 0.25) is 0 Å². The third-order valence-corrected chi connectivity index (χ3v) is 3.87. The molecule has 1 atom stereocenters. The Morgan fingerprint density at radius 3 is 2.25 bits per heavy atom. The second-order valence-electron chi connectivity index (χ2n) is 5.81. The summed E-state index contributed by atoms with van der Waals surface area (Å²) in [6.07, 6.45) is 6.53. The van der Waals surface area contributed by atoms with Crippen LogP contribution in [-0.2, 0) is 4.79 Å². The Kier molecular flexibility index (Phi) is 4.82. The minimum Gasteiger partial charge on any atom is -0.351 e. The Bertz CT molecular complexity index is 233. The summed E-state index contributed by atoms with van der Waals surface area (Å²) in [4.78, 5) is 11.5. The van der Waals surface area contributed by atoms with E-state index < -0.39 is 0 Å². The topological polar surface area (TPSA) is 29.1 Å². The van der Waals surface area contributed by atoms with Crippen LogP contribution in [0.25, 0.3) is 0 Å². The average Bonchev–Trinajstić information content (AvgIpc) is 2.56. The maximum Gasteiger partial charge on any atom is 0.220 e. The molecule has 1 N–H and O–H groups in total. The van der Waals surface area contributed by atoms with E-state index in [1.165, 1.54) is 19.3 Å². The first-order valence-corrected chi connectivity index (χ1v) is 6.82. The Morgan fingerprint density at radius 1 is 1.25 bits per heavy atom. The lowest BCUT2D eigenvalue weighted by atomic mass is 9.78. The molecule has 2 heteroatoms. The second-order valence-corrected chi connectivity index (χ2v) is 5.81. The zero-order valence-electron chi connectivity index (χ0n) is 11.3. The van der Waals surface area contributed by atoms with E-state index in [1.807, 2.05) is 0 Å². The summed E-state index contributed by atoms with van der Waals surface area (Å²) >= 11 is 0. The summed E-state index contributed by atoms with van der Waals surface area (Å²) in [5, 5.41) is 3.26. The number of hydrogen-bond donors (Lipinski definition) is 1. The largest absolute Gasteiger partial charge is 0.351 e. The van der Waals surface area contributed by atoms with Crippen LogP contribution in [0.1, 0.15) is 66.2 Å². The summed E-state index contributed by atoms with van der Waals surface area (Å²) in [5.41, 5.74) is 0.113. The van der Waals surface area contributed by atoms with Crippen molar-refractivity contribution in [3.05, 3.63) is 0 Å². The Morgan fingerprint density at radius 2 is 1.88 bits per heavy atom. The van der Waals surface area contributed by atoms with Gasteiger partial charge in [0.05, 0.1) is 0 Å². The molecule has 0 bridgehead atoms. The molecule has 1 saturated heterocycles. The van der Waals surface area contributed by atoms with Crippen LogP contribution < -0.4 is 5.32 Å². The molecule has 0 radical (unpaired) electrons.